The van der Waals surface area contributed by atoms with Crippen LogP contribution in [0, 0.1) is 0 Å². The fourth-order valence-corrected chi connectivity index (χ4v) is 1.65. The minimum atomic E-state index is -0.593. The van der Waals surface area contributed by atoms with Gasteiger partial charge in [-0.1, -0.05) is 18.2 Å². The molecule has 1 aromatic rings. The fraction of sp³-hybridized carbons (Fsp3) is 0.500. The molecule has 0 saturated heterocycles. The average Bonchev–Trinajstić information content (AvgIpc) is 2.44. The van der Waals surface area contributed by atoms with E-state index in [4.69, 9.17) is 15.2 Å². The maximum atomic E-state index is 11.8. The lowest BCUT2D eigenvalue weighted by molar-refractivity contribution is -0.132. The van der Waals surface area contributed by atoms with Crippen LogP contribution in [-0.2, 0) is 9.53 Å². The van der Waals surface area contributed by atoms with Crippen LogP contribution in [0.5, 0.6) is 5.75 Å². The first-order valence-electron chi connectivity index (χ1n) is 6.32. The van der Waals surface area contributed by atoms with E-state index in [1.54, 1.807) is 11.9 Å². The number of ether oxygens (including phenoxy) is 2. The number of nitrogens with zero attached hydrogens (tertiary/aromatic N) is 1. The van der Waals surface area contributed by atoms with Gasteiger partial charge in [0.05, 0.1) is 13.2 Å². The average molecular weight is 266 g/mol. The molecule has 1 rings (SSSR count). The number of hydrogen-bond donors (Lipinski definition) is 1. The Bertz CT molecular complexity index is 370. The highest BCUT2D eigenvalue weighted by Crippen LogP contribution is 2.08. The van der Waals surface area contributed by atoms with Crippen LogP contribution in [0.1, 0.15) is 6.42 Å². The number of carbonyl (C=O) groups excluding carboxylic acids is 1. The largest absolute Gasteiger partial charge is 0.494 e. The number of amides is 1. The lowest BCUT2D eigenvalue weighted by Gasteiger charge is -2.20. The molecule has 1 aromatic carbocycles. The molecule has 0 aliphatic rings. The summed E-state index contributed by atoms with van der Waals surface area (Å²) < 4.78 is 10.4. The first kappa shape index (κ1) is 15.5. The van der Waals surface area contributed by atoms with Gasteiger partial charge in [-0.15, -0.1) is 0 Å². The quantitative estimate of drug-likeness (QED) is 0.710. The van der Waals surface area contributed by atoms with Gasteiger partial charge in [0.2, 0.25) is 5.91 Å². The van der Waals surface area contributed by atoms with E-state index in [0.717, 1.165) is 12.2 Å². The summed E-state index contributed by atoms with van der Waals surface area (Å²) in [6, 6.07) is 9.01. The number of benzene rings is 1. The predicted molar refractivity (Wildman–Crippen MR) is 74.0 cm³/mol. The summed E-state index contributed by atoms with van der Waals surface area (Å²) in [5, 5.41) is 0. The molecule has 2 N–H and O–H groups in total. The number of methoxy groups -OCH3 is 1. The lowest BCUT2D eigenvalue weighted by Crippen LogP contribution is -2.44. The van der Waals surface area contributed by atoms with Crippen molar-refractivity contribution in [3.63, 3.8) is 0 Å². The number of para-hydroxylation sites is 1. The Labute approximate surface area is 114 Å². The molecule has 0 radical (unpaired) electrons. The smallest absolute Gasteiger partial charge is 0.241 e. The van der Waals surface area contributed by atoms with E-state index < -0.39 is 6.04 Å². The summed E-state index contributed by atoms with van der Waals surface area (Å²) in [5.74, 6) is 0.731. The molecule has 1 atom stereocenters. The van der Waals surface area contributed by atoms with E-state index in [1.165, 1.54) is 7.11 Å². The highest BCUT2D eigenvalue weighted by molar-refractivity contribution is 5.81. The molecule has 1 amide bonds. The predicted octanol–water partition coefficient (Wildman–Crippen LogP) is 0.888. The molecule has 5 heteroatoms. The van der Waals surface area contributed by atoms with E-state index in [-0.39, 0.29) is 12.5 Å². The Morgan fingerprint density at radius 1 is 1.37 bits per heavy atom. The second-order valence-corrected chi connectivity index (χ2v) is 4.34. The van der Waals surface area contributed by atoms with Gasteiger partial charge >= 0.3 is 0 Å². The summed E-state index contributed by atoms with van der Waals surface area (Å²) >= 11 is 0. The molecule has 0 aliphatic carbocycles. The lowest BCUT2D eigenvalue weighted by atomic mass is 10.3. The zero-order valence-electron chi connectivity index (χ0n) is 11.5. The Morgan fingerprint density at radius 2 is 2.05 bits per heavy atom. The van der Waals surface area contributed by atoms with E-state index in [1.807, 2.05) is 30.3 Å². The fourth-order valence-electron chi connectivity index (χ4n) is 1.65. The van der Waals surface area contributed by atoms with Crippen LogP contribution >= 0.6 is 0 Å². The summed E-state index contributed by atoms with van der Waals surface area (Å²) in [6.45, 7) is 1.42. The van der Waals surface area contributed by atoms with Crippen molar-refractivity contribution in [3.8, 4) is 5.75 Å². The first-order chi connectivity index (χ1) is 9.15. The molecule has 0 aliphatic heterocycles. The summed E-state index contributed by atoms with van der Waals surface area (Å²) in [5.41, 5.74) is 5.68. The highest BCUT2D eigenvalue weighted by Gasteiger charge is 2.17. The second-order valence-electron chi connectivity index (χ2n) is 4.34. The Balaban J connectivity index is 2.20. The molecule has 106 valence electrons. The van der Waals surface area contributed by atoms with Gasteiger partial charge < -0.3 is 20.1 Å². The number of hydrogen-bond acceptors (Lipinski definition) is 4. The van der Waals surface area contributed by atoms with Crippen molar-refractivity contribution in [3.05, 3.63) is 30.3 Å². The first-order valence-corrected chi connectivity index (χ1v) is 6.32. The van der Waals surface area contributed by atoms with Crippen molar-refractivity contribution in [1.29, 1.82) is 0 Å². The maximum absolute atomic E-state index is 11.8. The van der Waals surface area contributed by atoms with Crippen molar-refractivity contribution < 1.29 is 14.3 Å². The molecule has 0 spiro atoms. The zero-order valence-corrected chi connectivity index (χ0v) is 11.5. The molecule has 5 nitrogen and oxygen atoms in total. The van der Waals surface area contributed by atoms with Gasteiger partial charge in [-0.2, -0.15) is 0 Å². The Kier molecular flexibility index (Phi) is 6.92. The molecule has 0 aromatic heterocycles. The van der Waals surface area contributed by atoms with E-state index in [0.29, 0.717) is 13.2 Å². The van der Waals surface area contributed by atoms with E-state index >= 15 is 0 Å². The highest BCUT2D eigenvalue weighted by atomic mass is 16.5. The third kappa shape index (κ3) is 5.72. The topological polar surface area (TPSA) is 64.8 Å². The van der Waals surface area contributed by atoms with Gasteiger partial charge in [0.15, 0.2) is 0 Å². The molecule has 0 saturated carbocycles. The monoisotopic (exact) mass is 266 g/mol. The molecule has 1 unspecified atom stereocenters. The normalized spacial score (nSPS) is 11.9. The summed E-state index contributed by atoms with van der Waals surface area (Å²) in [6.07, 6.45) is 0.761. The Morgan fingerprint density at radius 3 is 2.68 bits per heavy atom. The van der Waals surface area contributed by atoms with Crippen LogP contribution < -0.4 is 10.5 Å². The maximum Gasteiger partial charge on any atom is 0.241 e. The van der Waals surface area contributed by atoms with Crippen LogP contribution in [0.3, 0.4) is 0 Å². The van der Waals surface area contributed by atoms with Crippen molar-refractivity contribution in [1.82, 2.24) is 4.90 Å². The van der Waals surface area contributed by atoms with Crippen LogP contribution in [0.2, 0.25) is 0 Å². The SMILES string of the molecule is COCC(N)C(=O)N(C)CCCOc1ccccc1. The second kappa shape index (κ2) is 8.50. The molecule has 0 heterocycles. The number of likely N-dealkylation sites (N-methyl/N-ethyl adjacent to an activating group) is 1. The van der Waals surface area contributed by atoms with Gasteiger partial charge in [0.1, 0.15) is 11.8 Å². The zero-order chi connectivity index (χ0) is 14.1. The minimum Gasteiger partial charge on any atom is -0.494 e. The minimum absolute atomic E-state index is 0.110. The molecule has 0 fully saturated rings. The van der Waals surface area contributed by atoms with Crippen molar-refractivity contribution in [2.45, 2.75) is 12.5 Å². The third-order valence-corrected chi connectivity index (χ3v) is 2.69. The Hall–Kier alpha value is -1.59. The van der Waals surface area contributed by atoms with Gasteiger partial charge in [0, 0.05) is 20.7 Å². The number of carbonyl (C=O) groups is 1. The van der Waals surface area contributed by atoms with Gasteiger partial charge in [-0.05, 0) is 18.6 Å². The standard InChI is InChI=1S/C14H22N2O3/c1-16(14(17)13(15)11-18-2)9-6-10-19-12-7-4-3-5-8-12/h3-5,7-8,13H,6,9-11,15H2,1-2H3. The van der Waals surface area contributed by atoms with Crippen molar-refractivity contribution in [2.24, 2.45) is 5.73 Å². The van der Waals surface area contributed by atoms with Gasteiger partial charge in [-0.25, -0.2) is 0 Å². The molecular weight excluding hydrogens is 244 g/mol. The van der Waals surface area contributed by atoms with Crippen LogP contribution in [0.4, 0.5) is 0 Å². The summed E-state index contributed by atoms with van der Waals surface area (Å²) in [7, 11) is 3.27. The van der Waals surface area contributed by atoms with Crippen LogP contribution in [0.25, 0.3) is 0 Å². The molecular formula is C14H22N2O3. The van der Waals surface area contributed by atoms with E-state index in [2.05, 4.69) is 0 Å². The van der Waals surface area contributed by atoms with E-state index in [9.17, 15) is 4.79 Å². The molecule has 19 heavy (non-hydrogen) atoms. The van der Waals surface area contributed by atoms with Crippen LogP contribution in [0.15, 0.2) is 30.3 Å². The molecule has 0 bridgehead atoms. The third-order valence-electron chi connectivity index (χ3n) is 2.69. The van der Waals surface area contributed by atoms with Gasteiger partial charge in [0.25, 0.3) is 0 Å². The van der Waals surface area contributed by atoms with Crippen molar-refractivity contribution >= 4 is 5.91 Å². The van der Waals surface area contributed by atoms with Crippen LogP contribution in [-0.4, -0.2) is 50.8 Å². The number of rotatable bonds is 8. The number of nitrogens with two attached hydrogens (primary N) is 1. The summed E-state index contributed by atoms with van der Waals surface area (Å²) in [4.78, 5) is 13.4. The van der Waals surface area contributed by atoms with Crippen molar-refractivity contribution in [2.75, 3.05) is 33.9 Å². The van der Waals surface area contributed by atoms with Gasteiger partial charge in [-0.3, -0.25) is 4.79 Å².